The Kier molecular flexibility index (Phi) is 2.95. The third kappa shape index (κ3) is 2.45. The Labute approximate surface area is 109 Å². The number of hydrogen-bond donors (Lipinski definition) is 3. The van der Waals surface area contributed by atoms with Crippen molar-refractivity contribution in [1.82, 2.24) is 9.97 Å². The molecule has 1 aromatic heterocycles. The summed E-state index contributed by atoms with van der Waals surface area (Å²) >= 11 is 0. The van der Waals surface area contributed by atoms with Crippen LogP contribution in [0.4, 0.5) is 5.69 Å². The van der Waals surface area contributed by atoms with E-state index < -0.39 is 0 Å². The molecule has 0 unspecified atom stereocenters. The van der Waals surface area contributed by atoms with Gasteiger partial charge in [0.2, 0.25) is 5.91 Å². The van der Waals surface area contributed by atoms with Gasteiger partial charge >= 0.3 is 5.69 Å². The molecule has 5 nitrogen and oxygen atoms in total. The number of amides is 1. The van der Waals surface area contributed by atoms with Crippen molar-refractivity contribution >= 4 is 22.6 Å². The molecule has 3 rings (SSSR count). The molecular formula is C14H15N3O2. The number of rotatable bonds is 2. The first-order valence-electron chi connectivity index (χ1n) is 6.40. The molecule has 1 amide bonds. The fourth-order valence-electron chi connectivity index (χ4n) is 2.39. The fourth-order valence-corrected chi connectivity index (χ4v) is 2.39. The van der Waals surface area contributed by atoms with Crippen LogP contribution >= 0.6 is 0 Å². The third-order valence-corrected chi connectivity index (χ3v) is 3.42. The van der Waals surface area contributed by atoms with Gasteiger partial charge in [0.1, 0.15) is 0 Å². The second-order valence-corrected chi connectivity index (χ2v) is 4.81. The van der Waals surface area contributed by atoms with E-state index in [1.54, 1.807) is 18.2 Å². The van der Waals surface area contributed by atoms with Crippen LogP contribution in [0.25, 0.3) is 11.0 Å². The third-order valence-electron chi connectivity index (χ3n) is 3.42. The maximum atomic E-state index is 12.1. The van der Waals surface area contributed by atoms with E-state index in [1.165, 1.54) is 0 Å². The zero-order chi connectivity index (χ0) is 13.2. The van der Waals surface area contributed by atoms with Crippen molar-refractivity contribution in [2.45, 2.75) is 19.3 Å². The number of fused-ring (bicyclic) bond motifs is 1. The lowest BCUT2D eigenvalue weighted by molar-refractivity contribution is -0.120. The van der Waals surface area contributed by atoms with Crippen molar-refractivity contribution in [3.63, 3.8) is 0 Å². The molecule has 1 atom stereocenters. The number of carbonyl (C=O) groups is 1. The van der Waals surface area contributed by atoms with Crippen LogP contribution in [0.5, 0.6) is 0 Å². The van der Waals surface area contributed by atoms with E-state index in [9.17, 15) is 9.59 Å². The first-order valence-corrected chi connectivity index (χ1v) is 6.40. The number of H-pyrrole nitrogens is 2. The van der Waals surface area contributed by atoms with E-state index in [-0.39, 0.29) is 17.5 Å². The topological polar surface area (TPSA) is 77.8 Å². The Morgan fingerprint density at radius 3 is 2.84 bits per heavy atom. The lowest BCUT2D eigenvalue weighted by Crippen LogP contribution is -2.23. The van der Waals surface area contributed by atoms with Crippen LogP contribution in [0.3, 0.4) is 0 Å². The summed E-state index contributed by atoms with van der Waals surface area (Å²) < 4.78 is 0. The van der Waals surface area contributed by atoms with Crippen molar-refractivity contribution in [3.8, 4) is 0 Å². The number of nitrogens with one attached hydrogen (secondary N) is 3. The van der Waals surface area contributed by atoms with Gasteiger partial charge < -0.3 is 15.3 Å². The summed E-state index contributed by atoms with van der Waals surface area (Å²) in [5, 5.41) is 2.90. The molecule has 19 heavy (non-hydrogen) atoms. The van der Waals surface area contributed by atoms with Crippen LogP contribution < -0.4 is 11.0 Å². The first-order chi connectivity index (χ1) is 9.22. The Balaban J connectivity index is 1.78. The minimum atomic E-state index is -0.240. The van der Waals surface area contributed by atoms with Crippen LogP contribution in [-0.4, -0.2) is 15.9 Å². The smallest absolute Gasteiger partial charge is 0.323 e. The molecule has 2 aromatic rings. The molecule has 0 fully saturated rings. The molecule has 5 heteroatoms. The quantitative estimate of drug-likeness (QED) is 0.721. The monoisotopic (exact) mass is 257 g/mol. The summed E-state index contributed by atoms with van der Waals surface area (Å²) in [6.07, 6.45) is 6.82. The van der Waals surface area contributed by atoms with E-state index in [1.807, 2.05) is 0 Å². The number of hydrogen-bond acceptors (Lipinski definition) is 2. The van der Waals surface area contributed by atoms with E-state index in [0.717, 1.165) is 24.8 Å². The number of benzene rings is 1. The summed E-state index contributed by atoms with van der Waals surface area (Å²) in [4.78, 5) is 28.6. The average molecular weight is 257 g/mol. The SMILES string of the molecule is O=C(Nc1ccc2[nH]c(=O)[nH]c2c1)[C@@H]1CC=CCC1. The Morgan fingerprint density at radius 2 is 2.05 bits per heavy atom. The molecule has 0 saturated heterocycles. The number of imidazole rings is 1. The fraction of sp³-hybridized carbons (Fsp3) is 0.286. The maximum Gasteiger partial charge on any atom is 0.323 e. The molecule has 0 radical (unpaired) electrons. The van der Waals surface area contributed by atoms with Crippen LogP contribution in [0, 0.1) is 5.92 Å². The zero-order valence-corrected chi connectivity index (χ0v) is 10.4. The second kappa shape index (κ2) is 4.76. The van der Waals surface area contributed by atoms with Gasteiger partial charge in [0, 0.05) is 11.6 Å². The van der Waals surface area contributed by atoms with E-state index in [2.05, 4.69) is 27.4 Å². The van der Waals surface area contributed by atoms with Crippen LogP contribution in [-0.2, 0) is 4.79 Å². The standard InChI is InChI=1S/C14H15N3O2/c18-13(9-4-2-1-3-5-9)15-10-6-7-11-12(8-10)17-14(19)16-11/h1-2,6-9H,3-5H2,(H,15,18)(H2,16,17,19)/t9-/m1/s1. The van der Waals surface area contributed by atoms with Gasteiger partial charge in [-0.05, 0) is 37.5 Å². The van der Waals surface area contributed by atoms with Gasteiger partial charge in [-0.25, -0.2) is 4.79 Å². The summed E-state index contributed by atoms with van der Waals surface area (Å²) in [5.74, 6) is 0.0903. The second-order valence-electron chi connectivity index (χ2n) is 4.81. The number of allylic oxidation sites excluding steroid dienone is 2. The molecule has 1 heterocycles. The molecule has 1 aromatic carbocycles. The maximum absolute atomic E-state index is 12.1. The minimum absolute atomic E-state index is 0.0431. The highest BCUT2D eigenvalue weighted by atomic mass is 16.2. The zero-order valence-electron chi connectivity index (χ0n) is 10.4. The predicted molar refractivity (Wildman–Crippen MR) is 74.0 cm³/mol. The highest BCUT2D eigenvalue weighted by molar-refractivity contribution is 5.94. The van der Waals surface area contributed by atoms with E-state index in [4.69, 9.17) is 0 Å². The summed E-state index contributed by atoms with van der Waals surface area (Å²) in [5.41, 5.74) is 1.91. The Hall–Kier alpha value is -2.30. The number of aromatic nitrogens is 2. The lowest BCUT2D eigenvalue weighted by Gasteiger charge is -2.17. The van der Waals surface area contributed by atoms with E-state index in [0.29, 0.717) is 11.2 Å². The van der Waals surface area contributed by atoms with Gasteiger partial charge in [0.15, 0.2) is 0 Å². The van der Waals surface area contributed by atoms with Gasteiger partial charge in [-0.15, -0.1) is 0 Å². The molecule has 98 valence electrons. The molecule has 0 spiro atoms. The highest BCUT2D eigenvalue weighted by Gasteiger charge is 2.18. The highest BCUT2D eigenvalue weighted by Crippen LogP contribution is 2.21. The van der Waals surface area contributed by atoms with Gasteiger partial charge in [0.25, 0.3) is 0 Å². The Bertz CT molecular complexity index is 696. The molecule has 3 N–H and O–H groups in total. The minimum Gasteiger partial charge on any atom is -0.326 e. The van der Waals surface area contributed by atoms with Crippen LogP contribution in [0.2, 0.25) is 0 Å². The van der Waals surface area contributed by atoms with Gasteiger partial charge in [-0.3, -0.25) is 4.79 Å². The summed E-state index contributed by atoms with van der Waals surface area (Å²) in [6.45, 7) is 0. The average Bonchev–Trinajstić information content (AvgIpc) is 2.79. The largest absolute Gasteiger partial charge is 0.326 e. The summed E-state index contributed by atoms with van der Waals surface area (Å²) in [7, 11) is 0. The van der Waals surface area contributed by atoms with Crippen molar-refractivity contribution < 1.29 is 4.79 Å². The van der Waals surface area contributed by atoms with Crippen molar-refractivity contribution in [2.24, 2.45) is 5.92 Å². The Morgan fingerprint density at radius 1 is 1.21 bits per heavy atom. The number of carbonyl (C=O) groups excluding carboxylic acids is 1. The van der Waals surface area contributed by atoms with Crippen LogP contribution in [0.15, 0.2) is 35.1 Å². The van der Waals surface area contributed by atoms with Gasteiger partial charge in [-0.2, -0.15) is 0 Å². The number of aromatic amines is 2. The summed E-state index contributed by atoms with van der Waals surface area (Å²) in [6, 6.07) is 5.34. The molecule has 0 aliphatic heterocycles. The van der Waals surface area contributed by atoms with Gasteiger partial charge in [-0.1, -0.05) is 12.2 Å². The predicted octanol–water partition coefficient (Wildman–Crippen LogP) is 2.15. The van der Waals surface area contributed by atoms with Gasteiger partial charge in [0.05, 0.1) is 11.0 Å². The van der Waals surface area contributed by atoms with Crippen molar-refractivity contribution in [2.75, 3.05) is 5.32 Å². The van der Waals surface area contributed by atoms with Crippen molar-refractivity contribution in [1.29, 1.82) is 0 Å². The van der Waals surface area contributed by atoms with Crippen LogP contribution in [0.1, 0.15) is 19.3 Å². The normalized spacial score (nSPS) is 18.6. The molecule has 0 bridgehead atoms. The molecule has 1 aliphatic rings. The van der Waals surface area contributed by atoms with Crippen molar-refractivity contribution in [3.05, 3.63) is 40.8 Å². The molecule has 1 aliphatic carbocycles. The molecule has 0 saturated carbocycles. The molecular weight excluding hydrogens is 242 g/mol. The first kappa shape index (κ1) is 11.8. The van der Waals surface area contributed by atoms with E-state index >= 15 is 0 Å². The lowest BCUT2D eigenvalue weighted by atomic mass is 9.93. The number of anilines is 1.